The maximum Gasteiger partial charge on any atom is 0.410 e. The van der Waals surface area contributed by atoms with Crippen LogP contribution in [0.2, 0.25) is 0 Å². The third kappa shape index (κ3) is 9.18. The van der Waals surface area contributed by atoms with Crippen molar-refractivity contribution >= 4 is 12.1 Å². The van der Waals surface area contributed by atoms with Crippen LogP contribution in [-0.4, -0.2) is 53.7 Å². The van der Waals surface area contributed by atoms with Crippen LogP contribution in [-0.2, 0) is 20.6 Å². The van der Waals surface area contributed by atoms with E-state index in [0.717, 1.165) is 72.8 Å². The molecule has 7 heteroatoms. The summed E-state index contributed by atoms with van der Waals surface area (Å²) in [5.41, 5.74) is 4.90. The number of carboxylic acid groups (broad SMARTS) is 1. The lowest BCUT2D eigenvalue weighted by atomic mass is 9.89. The molecular weight excluding hydrogens is 566 g/mol. The van der Waals surface area contributed by atoms with Gasteiger partial charge in [-0.3, -0.25) is 0 Å². The van der Waals surface area contributed by atoms with Gasteiger partial charge < -0.3 is 24.2 Å². The van der Waals surface area contributed by atoms with Crippen LogP contribution in [0.5, 0.6) is 0 Å². The summed E-state index contributed by atoms with van der Waals surface area (Å²) in [5, 5.41) is 9.78. The van der Waals surface area contributed by atoms with E-state index in [9.17, 15) is 14.7 Å². The number of carbonyl (C=O) groups is 2. The normalized spacial score (nSPS) is 18.0. The lowest BCUT2D eigenvalue weighted by molar-refractivity contribution is -0.192. The first-order chi connectivity index (χ1) is 21.7. The second-order valence-electron chi connectivity index (χ2n) is 13.3. The van der Waals surface area contributed by atoms with Gasteiger partial charge in [0.1, 0.15) is 11.7 Å². The number of nitrogens with zero attached hydrogens (tertiary/aromatic N) is 1. The van der Waals surface area contributed by atoms with Crippen molar-refractivity contribution in [2.75, 3.05) is 19.7 Å². The molecule has 0 bridgehead atoms. The Bertz CT molecular complexity index is 1400. The van der Waals surface area contributed by atoms with Gasteiger partial charge in [-0.05, 0) is 99.1 Å². The summed E-state index contributed by atoms with van der Waals surface area (Å²) in [6, 6.07) is 24.1. The first kappa shape index (κ1) is 32.7. The predicted molar refractivity (Wildman–Crippen MR) is 175 cm³/mol. The molecule has 1 unspecified atom stereocenters. The first-order valence-electron chi connectivity index (χ1n) is 16.4. The molecule has 5 rings (SSSR count). The van der Waals surface area contributed by atoms with Crippen molar-refractivity contribution in [2.45, 2.75) is 96.1 Å². The quantitative estimate of drug-likeness (QED) is 0.233. The van der Waals surface area contributed by atoms with Crippen LogP contribution >= 0.6 is 0 Å². The third-order valence-corrected chi connectivity index (χ3v) is 8.70. The van der Waals surface area contributed by atoms with E-state index < -0.39 is 11.6 Å². The molecule has 1 N–H and O–H groups in total. The highest BCUT2D eigenvalue weighted by atomic mass is 16.7. The molecule has 0 radical (unpaired) electrons. The number of carbonyl (C=O) groups excluding carboxylic acids is 1. The van der Waals surface area contributed by atoms with E-state index in [4.69, 9.17) is 14.2 Å². The molecule has 1 saturated heterocycles. The van der Waals surface area contributed by atoms with Crippen molar-refractivity contribution in [1.29, 1.82) is 0 Å². The summed E-state index contributed by atoms with van der Waals surface area (Å²) < 4.78 is 18.2. The highest BCUT2D eigenvalue weighted by Gasteiger charge is 2.28. The molecule has 2 atom stereocenters. The average molecular weight is 614 g/mol. The van der Waals surface area contributed by atoms with Gasteiger partial charge in [0.15, 0.2) is 6.29 Å². The molecule has 240 valence electrons. The number of rotatable bonds is 11. The fourth-order valence-corrected chi connectivity index (χ4v) is 6.32. The number of ether oxygens (including phenoxy) is 3. The Morgan fingerprint density at radius 1 is 0.911 bits per heavy atom. The van der Waals surface area contributed by atoms with Crippen LogP contribution in [0.1, 0.15) is 105 Å². The minimum absolute atomic E-state index is 0.296. The molecule has 1 amide bonds. The van der Waals surface area contributed by atoms with Crippen LogP contribution in [0.25, 0.3) is 11.1 Å². The average Bonchev–Trinajstić information content (AvgIpc) is 3.58. The van der Waals surface area contributed by atoms with Gasteiger partial charge in [0.25, 0.3) is 0 Å². The molecule has 7 nitrogen and oxygen atoms in total. The predicted octanol–water partition coefficient (Wildman–Crippen LogP) is 8.77. The Labute approximate surface area is 267 Å². The van der Waals surface area contributed by atoms with Crippen molar-refractivity contribution in [3.05, 3.63) is 95.1 Å². The second kappa shape index (κ2) is 15.1. The van der Waals surface area contributed by atoms with Crippen LogP contribution in [0.15, 0.2) is 72.8 Å². The van der Waals surface area contributed by atoms with Crippen LogP contribution in [0, 0.1) is 0 Å². The van der Waals surface area contributed by atoms with E-state index in [0.29, 0.717) is 37.6 Å². The second-order valence-corrected chi connectivity index (χ2v) is 13.3. The zero-order valence-electron chi connectivity index (χ0n) is 26.9. The standard InChI is InChI=1S/C38H47NO6/c1-38(2,3)45-37(42)39(26-34(30-13-5-4-6-14-30)44-35-15-9-10-24-43-35)23-22-27-16-18-28(19-17-27)31-20-21-32(36(40)41)33(25-31)29-11-7-8-12-29/h4-6,13-14,16-21,25,29,34-35H,7-12,15,22-24,26H2,1-3H3,(H,40,41)/t34-,35?/m0/s1. The molecule has 2 aliphatic rings. The largest absolute Gasteiger partial charge is 0.478 e. The van der Waals surface area contributed by atoms with Crippen molar-refractivity contribution in [2.24, 2.45) is 0 Å². The summed E-state index contributed by atoms with van der Waals surface area (Å²) >= 11 is 0. The topological polar surface area (TPSA) is 85.3 Å². The monoisotopic (exact) mass is 613 g/mol. The lowest BCUT2D eigenvalue weighted by Crippen LogP contribution is -2.41. The van der Waals surface area contributed by atoms with Gasteiger partial charge >= 0.3 is 12.1 Å². The zero-order chi connectivity index (χ0) is 31.8. The number of hydrogen-bond donors (Lipinski definition) is 1. The maximum atomic E-state index is 13.5. The van der Waals surface area contributed by atoms with Crippen LogP contribution in [0.3, 0.4) is 0 Å². The van der Waals surface area contributed by atoms with Gasteiger partial charge in [-0.25, -0.2) is 9.59 Å². The van der Waals surface area contributed by atoms with Gasteiger partial charge in [0.05, 0.1) is 12.1 Å². The van der Waals surface area contributed by atoms with E-state index in [1.807, 2.05) is 57.2 Å². The third-order valence-electron chi connectivity index (χ3n) is 8.70. The van der Waals surface area contributed by atoms with Gasteiger partial charge in [-0.1, -0.05) is 79.6 Å². The number of benzene rings is 3. The van der Waals surface area contributed by atoms with E-state index in [1.165, 1.54) is 0 Å². The number of aromatic carboxylic acids is 1. The molecule has 45 heavy (non-hydrogen) atoms. The molecule has 1 aliphatic heterocycles. The Balaban J connectivity index is 1.31. The summed E-state index contributed by atoms with van der Waals surface area (Å²) in [6.45, 7) is 7.13. The molecule has 1 saturated carbocycles. The minimum Gasteiger partial charge on any atom is -0.478 e. The molecule has 3 aromatic carbocycles. The lowest BCUT2D eigenvalue weighted by Gasteiger charge is -2.33. The molecule has 2 fully saturated rings. The van der Waals surface area contributed by atoms with Gasteiger partial charge in [-0.2, -0.15) is 0 Å². The van der Waals surface area contributed by atoms with Crippen LogP contribution in [0.4, 0.5) is 4.79 Å². The molecule has 0 aromatic heterocycles. The first-order valence-corrected chi connectivity index (χ1v) is 16.4. The Morgan fingerprint density at radius 2 is 1.60 bits per heavy atom. The summed E-state index contributed by atoms with van der Waals surface area (Å²) in [7, 11) is 0. The van der Waals surface area contributed by atoms with Gasteiger partial charge in [-0.15, -0.1) is 0 Å². The molecule has 1 aliphatic carbocycles. The molecular formula is C38H47NO6. The summed E-state index contributed by atoms with van der Waals surface area (Å²) in [6.07, 6.45) is 6.94. The van der Waals surface area contributed by atoms with Crippen molar-refractivity contribution in [3.63, 3.8) is 0 Å². The Morgan fingerprint density at radius 3 is 2.24 bits per heavy atom. The summed E-state index contributed by atoms with van der Waals surface area (Å²) in [4.78, 5) is 27.1. The van der Waals surface area contributed by atoms with E-state index in [1.54, 1.807) is 11.0 Å². The van der Waals surface area contributed by atoms with Crippen molar-refractivity contribution < 1.29 is 28.9 Å². The van der Waals surface area contributed by atoms with Crippen molar-refractivity contribution in [1.82, 2.24) is 4.90 Å². The maximum absolute atomic E-state index is 13.5. The SMILES string of the molecule is CC(C)(C)OC(=O)N(CCc1ccc(-c2ccc(C(=O)O)c(C3CCCC3)c2)cc1)C[C@H](OC1CCCCO1)c1ccccc1. The molecule has 1 heterocycles. The molecule has 0 spiro atoms. The number of carboxylic acids is 1. The fraction of sp³-hybridized carbons (Fsp3) is 0.474. The van der Waals surface area contributed by atoms with Crippen molar-refractivity contribution in [3.8, 4) is 11.1 Å². The fourth-order valence-electron chi connectivity index (χ4n) is 6.32. The van der Waals surface area contributed by atoms with Gasteiger partial charge in [0.2, 0.25) is 0 Å². The van der Waals surface area contributed by atoms with E-state index in [2.05, 4.69) is 30.3 Å². The zero-order valence-corrected chi connectivity index (χ0v) is 26.9. The number of amides is 1. The highest BCUT2D eigenvalue weighted by molar-refractivity contribution is 5.90. The Hall–Kier alpha value is -3.68. The minimum atomic E-state index is -0.862. The van der Waals surface area contributed by atoms with E-state index >= 15 is 0 Å². The highest BCUT2D eigenvalue weighted by Crippen LogP contribution is 2.38. The smallest absolute Gasteiger partial charge is 0.410 e. The number of hydrogen-bond acceptors (Lipinski definition) is 5. The molecule has 3 aromatic rings. The summed E-state index contributed by atoms with van der Waals surface area (Å²) in [5.74, 6) is -0.554. The van der Waals surface area contributed by atoms with E-state index in [-0.39, 0.29) is 18.5 Å². The van der Waals surface area contributed by atoms with Gasteiger partial charge in [0, 0.05) is 13.2 Å². The Kier molecular flexibility index (Phi) is 11.0. The van der Waals surface area contributed by atoms with Crippen LogP contribution < -0.4 is 0 Å².